The predicted octanol–water partition coefficient (Wildman–Crippen LogP) is 0.754. The fourth-order valence-electron chi connectivity index (χ4n) is 1.12. The average Bonchev–Trinajstić information content (AvgIpc) is 2.16. The summed E-state index contributed by atoms with van der Waals surface area (Å²) in [4.78, 5) is 25.9. The van der Waals surface area contributed by atoms with Crippen molar-refractivity contribution in [1.29, 1.82) is 0 Å². The quantitative estimate of drug-likeness (QED) is 0.585. The fraction of sp³-hybridized carbons (Fsp3) is 0.250. The lowest BCUT2D eigenvalue weighted by atomic mass is 10.2. The number of hydrogen-bond acceptors (Lipinski definition) is 5. The lowest BCUT2D eigenvalue weighted by molar-refractivity contribution is -0.384. The molecule has 0 saturated heterocycles. The molecule has 0 aliphatic rings. The van der Waals surface area contributed by atoms with Gasteiger partial charge in [-0.15, -0.1) is 0 Å². The molecule has 0 fully saturated rings. The van der Waals surface area contributed by atoms with Crippen LogP contribution in [0.25, 0.3) is 0 Å². The number of nitrogens with zero attached hydrogens (tertiary/aromatic N) is 3. The first-order valence-electron chi connectivity index (χ1n) is 3.99. The number of hydrogen-bond donors (Lipinski definition) is 1. The van der Waals surface area contributed by atoms with Crippen molar-refractivity contribution in [3.63, 3.8) is 0 Å². The number of aromatic nitrogens is 1. The van der Waals surface area contributed by atoms with Crippen molar-refractivity contribution in [2.24, 2.45) is 0 Å². The molecule has 0 unspecified atom stereocenters. The Hall–Kier alpha value is -2.18. The monoisotopic (exact) mass is 211 g/mol. The predicted molar refractivity (Wildman–Crippen MR) is 52.2 cm³/mol. The molecule has 0 bridgehead atoms. The van der Waals surface area contributed by atoms with E-state index in [1.807, 2.05) is 0 Å². The molecular weight excluding hydrogens is 202 g/mol. The summed E-state index contributed by atoms with van der Waals surface area (Å²) in [5.74, 6) is -1.31. The largest absolute Gasteiger partial charge is 0.477 e. The van der Waals surface area contributed by atoms with Crippen LogP contribution in [0.1, 0.15) is 10.4 Å². The van der Waals surface area contributed by atoms with Crippen molar-refractivity contribution < 1.29 is 14.8 Å². The van der Waals surface area contributed by atoms with Gasteiger partial charge in [0.2, 0.25) is 5.82 Å². The summed E-state index contributed by atoms with van der Waals surface area (Å²) < 4.78 is 0. The number of pyridine rings is 1. The van der Waals surface area contributed by atoms with Crippen molar-refractivity contribution >= 4 is 17.5 Å². The van der Waals surface area contributed by atoms with E-state index in [2.05, 4.69) is 4.98 Å². The maximum atomic E-state index is 10.8. The van der Waals surface area contributed by atoms with Crippen LogP contribution in [0.15, 0.2) is 12.3 Å². The first kappa shape index (κ1) is 10.9. The molecule has 0 aliphatic heterocycles. The molecule has 0 radical (unpaired) electrons. The van der Waals surface area contributed by atoms with E-state index in [0.29, 0.717) is 0 Å². The third-order valence-electron chi connectivity index (χ3n) is 1.74. The van der Waals surface area contributed by atoms with Crippen LogP contribution < -0.4 is 4.90 Å². The van der Waals surface area contributed by atoms with Gasteiger partial charge in [-0.25, -0.2) is 9.78 Å². The van der Waals surface area contributed by atoms with Crippen LogP contribution in [0.3, 0.4) is 0 Å². The summed E-state index contributed by atoms with van der Waals surface area (Å²) in [5.41, 5.74) is -0.853. The minimum absolute atomic E-state index is 0.0277. The van der Waals surface area contributed by atoms with Crippen molar-refractivity contribution in [2.75, 3.05) is 19.0 Å². The number of aromatic carboxylic acids is 1. The van der Waals surface area contributed by atoms with Crippen molar-refractivity contribution in [2.45, 2.75) is 0 Å². The number of nitro groups is 1. The summed E-state index contributed by atoms with van der Waals surface area (Å²) in [6.07, 6.45) is 1.23. The number of rotatable bonds is 3. The van der Waals surface area contributed by atoms with Gasteiger partial charge in [0.25, 0.3) is 0 Å². The van der Waals surface area contributed by atoms with Gasteiger partial charge in [-0.3, -0.25) is 10.1 Å². The van der Waals surface area contributed by atoms with E-state index in [1.165, 1.54) is 11.1 Å². The van der Waals surface area contributed by atoms with E-state index in [-0.39, 0.29) is 11.4 Å². The molecule has 0 atom stereocenters. The Morgan fingerprint density at radius 2 is 2.20 bits per heavy atom. The molecule has 1 N–H and O–H groups in total. The molecule has 1 aromatic heterocycles. The molecule has 0 spiro atoms. The van der Waals surface area contributed by atoms with E-state index in [0.717, 1.165) is 6.07 Å². The zero-order valence-corrected chi connectivity index (χ0v) is 8.17. The Morgan fingerprint density at radius 3 is 2.60 bits per heavy atom. The number of carbonyl (C=O) groups is 1. The van der Waals surface area contributed by atoms with Crippen LogP contribution in [0.5, 0.6) is 0 Å². The van der Waals surface area contributed by atoms with E-state index in [1.54, 1.807) is 14.1 Å². The third-order valence-corrected chi connectivity index (χ3v) is 1.74. The van der Waals surface area contributed by atoms with E-state index >= 15 is 0 Å². The van der Waals surface area contributed by atoms with Crippen molar-refractivity contribution in [1.82, 2.24) is 4.98 Å². The maximum absolute atomic E-state index is 10.8. The highest BCUT2D eigenvalue weighted by Gasteiger charge is 2.26. The Bertz CT molecular complexity index is 416. The SMILES string of the molecule is CN(C)c1nccc(C(=O)O)c1[N+](=O)[O-]. The first-order chi connectivity index (χ1) is 6.95. The van der Waals surface area contributed by atoms with Crippen molar-refractivity contribution in [3.05, 3.63) is 27.9 Å². The molecule has 15 heavy (non-hydrogen) atoms. The number of anilines is 1. The Kier molecular flexibility index (Phi) is 2.84. The normalized spacial score (nSPS) is 9.73. The average molecular weight is 211 g/mol. The number of carboxylic acid groups (broad SMARTS) is 1. The Morgan fingerprint density at radius 1 is 1.60 bits per heavy atom. The van der Waals surface area contributed by atoms with Gasteiger partial charge in [-0.2, -0.15) is 0 Å². The van der Waals surface area contributed by atoms with Gasteiger partial charge >= 0.3 is 11.7 Å². The molecule has 0 saturated carbocycles. The van der Waals surface area contributed by atoms with Crippen LogP contribution >= 0.6 is 0 Å². The van der Waals surface area contributed by atoms with Gasteiger partial charge < -0.3 is 10.0 Å². The maximum Gasteiger partial charge on any atom is 0.342 e. The van der Waals surface area contributed by atoms with Crippen LogP contribution in [-0.2, 0) is 0 Å². The molecule has 0 aromatic carbocycles. The molecular formula is C8H9N3O4. The zero-order valence-electron chi connectivity index (χ0n) is 8.17. The van der Waals surface area contributed by atoms with Gasteiger partial charge in [0, 0.05) is 20.3 Å². The van der Waals surface area contributed by atoms with E-state index in [9.17, 15) is 14.9 Å². The molecule has 1 heterocycles. The van der Waals surface area contributed by atoms with Crippen LogP contribution in [0.2, 0.25) is 0 Å². The molecule has 1 rings (SSSR count). The summed E-state index contributed by atoms with van der Waals surface area (Å²) in [5, 5.41) is 19.5. The summed E-state index contributed by atoms with van der Waals surface area (Å²) >= 11 is 0. The Balaban J connectivity index is 3.48. The molecule has 0 aliphatic carbocycles. The molecule has 0 amide bonds. The zero-order chi connectivity index (χ0) is 11.6. The number of carboxylic acids is 1. The lowest BCUT2D eigenvalue weighted by Crippen LogP contribution is -2.15. The summed E-state index contributed by atoms with van der Waals surface area (Å²) in [7, 11) is 3.11. The topological polar surface area (TPSA) is 96.6 Å². The first-order valence-corrected chi connectivity index (χ1v) is 3.99. The molecule has 80 valence electrons. The van der Waals surface area contributed by atoms with Gasteiger partial charge in [-0.1, -0.05) is 0 Å². The van der Waals surface area contributed by atoms with Gasteiger partial charge in [0.15, 0.2) is 0 Å². The highest BCUT2D eigenvalue weighted by molar-refractivity contribution is 5.94. The van der Waals surface area contributed by atoms with E-state index in [4.69, 9.17) is 5.11 Å². The lowest BCUT2D eigenvalue weighted by Gasteiger charge is -2.11. The van der Waals surface area contributed by atoms with Gasteiger partial charge in [0.05, 0.1) is 4.92 Å². The fourth-order valence-corrected chi connectivity index (χ4v) is 1.12. The van der Waals surface area contributed by atoms with Crippen LogP contribution in [-0.4, -0.2) is 35.1 Å². The van der Waals surface area contributed by atoms with Crippen molar-refractivity contribution in [3.8, 4) is 0 Å². The molecule has 7 nitrogen and oxygen atoms in total. The molecule has 7 heteroatoms. The van der Waals surface area contributed by atoms with Gasteiger partial charge in [-0.05, 0) is 6.07 Å². The third kappa shape index (κ3) is 2.01. The second-order valence-electron chi connectivity index (χ2n) is 2.99. The van der Waals surface area contributed by atoms with Gasteiger partial charge in [0.1, 0.15) is 5.56 Å². The smallest absolute Gasteiger partial charge is 0.342 e. The second kappa shape index (κ2) is 3.91. The van der Waals surface area contributed by atoms with E-state index < -0.39 is 16.6 Å². The second-order valence-corrected chi connectivity index (χ2v) is 2.99. The van der Waals surface area contributed by atoms with Crippen LogP contribution in [0, 0.1) is 10.1 Å². The highest BCUT2D eigenvalue weighted by Crippen LogP contribution is 2.27. The van der Waals surface area contributed by atoms with Crippen LogP contribution in [0.4, 0.5) is 11.5 Å². The molecule has 1 aromatic rings. The minimum atomic E-state index is -1.34. The summed E-state index contributed by atoms with van der Waals surface area (Å²) in [6, 6.07) is 1.10. The standard InChI is InChI=1S/C8H9N3O4/c1-10(2)7-6(11(14)15)5(8(12)13)3-4-9-7/h3-4H,1-2H3,(H,12,13). The summed E-state index contributed by atoms with van der Waals surface area (Å²) in [6.45, 7) is 0. The Labute approximate surface area is 85.1 Å². The minimum Gasteiger partial charge on any atom is -0.477 e. The highest BCUT2D eigenvalue weighted by atomic mass is 16.6.